The van der Waals surface area contributed by atoms with Crippen LogP contribution in [0, 0.1) is 0 Å². The zero-order valence-electron chi connectivity index (χ0n) is 15.5. The number of guanidine groups is 1. The van der Waals surface area contributed by atoms with Gasteiger partial charge in [0.2, 0.25) is 0 Å². The molecular weight excluding hydrogens is 322 g/mol. The Labute approximate surface area is 146 Å². The molecule has 0 saturated carbocycles. The quantitative estimate of drug-likeness (QED) is 0.583. The van der Waals surface area contributed by atoms with Crippen LogP contribution >= 0.6 is 0 Å². The van der Waals surface area contributed by atoms with Crippen molar-refractivity contribution in [1.29, 1.82) is 0 Å². The van der Waals surface area contributed by atoms with Gasteiger partial charge < -0.3 is 10.6 Å². The Balaban J connectivity index is 2.39. The lowest BCUT2D eigenvalue weighted by atomic mass is 10.1. The third-order valence-electron chi connectivity index (χ3n) is 3.91. The molecular formula is C18H31N3O2S. The molecule has 5 nitrogen and oxygen atoms in total. The van der Waals surface area contributed by atoms with Crippen molar-refractivity contribution >= 4 is 15.8 Å². The van der Waals surface area contributed by atoms with Crippen molar-refractivity contribution in [2.45, 2.75) is 51.3 Å². The molecule has 0 fully saturated rings. The van der Waals surface area contributed by atoms with E-state index in [0.29, 0.717) is 12.5 Å². The predicted octanol–water partition coefficient (Wildman–Crippen LogP) is 2.39. The van der Waals surface area contributed by atoms with Crippen LogP contribution < -0.4 is 10.6 Å². The van der Waals surface area contributed by atoms with Gasteiger partial charge in [-0.05, 0) is 46.1 Å². The molecule has 0 heterocycles. The van der Waals surface area contributed by atoms with Gasteiger partial charge in [0.25, 0.3) is 0 Å². The highest BCUT2D eigenvalue weighted by molar-refractivity contribution is 7.92. The number of nitrogens with zero attached hydrogens (tertiary/aromatic N) is 1. The number of benzene rings is 1. The van der Waals surface area contributed by atoms with Crippen molar-refractivity contribution in [1.82, 2.24) is 10.6 Å². The van der Waals surface area contributed by atoms with Crippen LogP contribution in [0.4, 0.5) is 0 Å². The van der Waals surface area contributed by atoms with Crippen molar-refractivity contribution in [3.8, 4) is 0 Å². The van der Waals surface area contributed by atoms with E-state index >= 15 is 0 Å². The van der Waals surface area contributed by atoms with Gasteiger partial charge in [-0.15, -0.1) is 0 Å². The minimum absolute atomic E-state index is 0.0929. The first-order valence-electron chi connectivity index (χ1n) is 8.39. The molecule has 0 radical (unpaired) electrons. The summed E-state index contributed by atoms with van der Waals surface area (Å²) in [5.41, 5.74) is 1.31. The summed E-state index contributed by atoms with van der Waals surface area (Å²) in [5.74, 6) is 0.731. The van der Waals surface area contributed by atoms with Gasteiger partial charge in [-0.2, -0.15) is 0 Å². The van der Waals surface area contributed by atoms with Crippen LogP contribution in [-0.2, 0) is 16.3 Å². The predicted molar refractivity (Wildman–Crippen MR) is 102 cm³/mol. The van der Waals surface area contributed by atoms with Crippen LogP contribution in [0.15, 0.2) is 35.3 Å². The van der Waals surface area contributed by atoms with Gasteiger partial charge in [-0.3, -0.25) is 4.99 Å². The number of rotatable bonds is 7. The van der Waals surface area contributed by atoms with E-state index in [1.54, 1.807) is 27.8 Å². The van der Waals surface area contributed by atoms with Crippen LogP contribution in [0.5, 0.6) is 0 Å². The molecule has 0 aromatic heterocycles. The van der Waals surface area contributed by atoms with Gasteiger partial charge in [0, 0.05) is 19.6 Å². The standard InChI is InChI=1S/C18H31N3O2S/c1-15(11-12-16-9-7-6-8-10-16)21-17(19-5)20-13-14-24(22,23)18(2,3)4/h6-10,15H,11-14H2,1-5H3,(H2,19,20,21). The second-order valence-electron chi connectivity index (χ2n) is 7.00. The number of hydrogen-bond donors (Lipinski definition) is 2. The van der Waals surface area contributed by atoms with Crippen molar-refractivity contribution in [3.05, 3.63) is 35.9 Å². The van der Waals surface area contributed by atoms with Crippen LogP contribution in [0.1, 0.15) is 39.7 Å². The Kier molecular flexibility index (Phi) is 7.73. The van der Waals surface area contributed by atoms with E-state index in [9.17, 15) is 8.42 Å². The minimum Gasteiger partial charge on any atom is -0.355 e. The fourth-order valence-corrected chi connectivity index (χ4v) is 3.12. The van der Waals surface area contributed by atoms with Gasteiger partial charge >= 0.3 is 0 Å². The summed E-state index contributed by atoms with van der Waals surface area (Å²) in [4.78, 5) is 4.16. The van der Waals surface area contributed by atoms with Crippen molar-refractivity contribution in [2.24, 2.45) is 4.99 Å². The van der Waals surface area contributed by atoms with Crippen molar-refractivity contribution in [2.75, 3.05) is 19.3 Å². The zero-order chi connectivity index (χ0) is 18.2. The lowest BCUT2D eigenvalue weighted by molar-refractivity contribution is 0.558. The largest absolute Gasteiger partial charge is 0.355 e. The first kappa shape index (κ1) is 20.5. The van der Waals surface area contributed by atoms with E-state index < -0.39 is 14.6 Å². The van der Waals surface area contributed by atoms with Crippen LogP contribution in [0.25, 0.3) is 0 Å². The summed E-state index contributed by atoms with van der Waals surface area (Å²) < 4.78 is 23.5. The summed E-state index contributed by atoms with van der Waals surface area (Å²) in [5, 5.41) is 6.39. The molecule has 0 aliphatic heterocycles. The molecule has 2 N–H and O–H groups in total. The summed E-state index contributed by atoms with van der Waals surface area (Å²) in [6.07, 6.45) is 1.97. The summed E-state index contributed by atoms with van der Waals surface area (Å²) in [6, 6.07) is 10.6. The van der Waals surface area contributed by atoms with Gasteiger partial charge in [0.1, 0.15) is 0 Å². The lowest BCUT2D eigenvalue weighted by Gasteiger charge is -2.21. The first-order chi connectivity index (χ1) is 11.2. The minimum atomic E-state index is -3.12. The molecule has 1 aromatic carbocycles. The first-order valence-corrected chi connectivity index (χ1v) is 10.0. The maximum absolute atomic E-state index is 12.1. The smallest absolute Gasteiger partial charge is 0.191 e. The topological polar surface area (TPSA) is 70.6 Å². The van der Waals surface area contributed by atoms with Gasteiger partial charge in [0.05, 0.1) is 10.5 Å². The van der Waals surface area contributed by atoms with Crippen LogP contribution in [0.2, 0.25) is 0 Å². The Morgan fingerprint density at radius 1 is 1.21 bits per heavy atom. The third-order valence-corrected chi connectivity index (χ3v) is 6.52. The molecule has 1 atom stereocenters. The molecule has 0 amide bonds. The summed E-state index contributed by atoms with van der Waals surface area (Å²) in [6.45, 7) is 7.62. The fourth-order valence-electron chi connectivity index (χ4n) is 2.14. The SMILES string of the molecule is CN=C(NCCS(=O)(=O)C(C)(C)C)NC(C)CCc1ccccc1. The molecule has 0 saturated heterocycles. The monoisotopic (exact) mass is 353 g/mol. The van der Waals surface area contributed by atoms with E-state index in [-0.39, 0.29) is 11.8 Å². The fraction of sp³-hybridized carbons (Fsp3) is 0.611. The molecule has 6 heteroatoms. The van der Waals surface area contributed by atoms with E-state index in [0.717, 1.165) is 12.8 Å². The van der Waals surface area contributed by atoms with Gasteiger partial charge in [0.15, 0.2) is 15.8 Å². The molecule has 0 aliphatic carbocycles. The number of aryl methyl sites for hydroxylation is 1. The molecule has 0 aliphatic rings. The Morgan fingerprint density at radius 3 is 2.38 bits per heavy atom. The normalized spacial score (nSPS) is 14.3. The Morgan fingerprint density at radius 2 is 1.83 bits per heavy atom. The van der Waals surface area contributed by atoms with Crippen LogP contribution in [-0.4, -0.2) is 44.5 Å². The highest BCUT2D eigenvalue weighted by Crippen LogP contribution is 2.15. The number of nitrogens with one attached hydrogen (secondary N) is 2. The second kappa shape index (κ2) is 9.06. The van der Waals surface area contributed by atoms with E-state index in [4.69, 9.17) is 0 Å². The molecule has 1 unspecified atom stereocenters. The molecule has 1 aromatic rings. The molecule has 24 heavy (non-hydrogen) atoms. The maximum atomic E-state index is 12.1. The molecule has 0 bridgehead atoms. The van der Waals surface area contributed by atoms with Crippen LogP contribution in [0.3, 0.4) is 0 Å². The zero-order valence-corrected chi connectivity index (χ0v) is 16.3. The van der Waals surface area contributed by atoms with Crippen molar-refractivity contribution in [3.63, 3.8) is 0 Å². The Bertz CT molecular complexity index is 619. The number of sulfone groups is 1. The van der Waals surface area contributed by atoms with Crippen molar-refractivity contribution < 1.29 is 8.42 Å². The van der Waals surface area contributed by atoms with E-state index in [1.165, 1.54) is 5.56 Å². The maximum Gasteiger partial charge on any atom is 0.191 e. The number of aliphatic imine (C=N–C) groups is 1. The summed E-state index contributed by atoms with van der Waals surface area (Å²) >= 11 is 0. The van der Waals surface area contributed by atoms with E-state index in [2.05, 4.69) is 34.7 Å². The molecule has 1 rings (SSSR count). The molecule has 136 valence electrons. The van der Waals surface area contributed by atoms with Gasteiger partial charge in [-0.25, -0.2) is 8.42 Å². The highest BCUT2D eigenvalue weighted by atomic mass is 32.2. The molecule has 0 spiro atoms. The lowest BCUT2D eigenvalue weighted by Crippen LogP contribution is -2.45. The second-order valence-corrected chi connectivity index (χ2v) is 9.86. The average Bonchev–Trinajstić information content (AvgIpc) is 2.51. The summed E-state index contributed by atoms with van der Waals surface area (Å²) in [7, 11) is -1.43. The number of hydrogen-bond acceptors (Lipinski definition) is 3. The van der Waals surface area contributed by atoms with Gasteiger partial charge in [-0.1, -0.05) is 30.3 Å². The highest BCUT2D eigenvalue weighted by Gasteiger charge is 2.28. The van der Waals surface area contributed by atoms with E-state index in [1.807, 2.05) is 18.2 Å². The Hall–Kier alpha value is -1.56. The third kappa shape index (κ3) is 6.91. The average molecular weight is 354 g/mol.